The first kappa shape index (κ1) is 32.9. The van der Waals surface area contributed by atoms with E-state index < -0.39 is 0 Å². The van der Waals surface area contributed by atoms with Gasteiger partial charge in [0.15, 0.2) is 0 Å². The maximum Gasteiger partial charge on any atom is 0.137 e. The molecular formula is C44H50N4O. The second-order valence-electron chi connectivity index (χ2n) is 15.8. The Morgan fingerprint density at radius 3 is 2.33 bits per heavy atom. The zero-order valence-electron chi connectivity index (χ0n) is 30.8. The van der Waals surface area contributed by atoms with Crippen LogP contribution >= 0.6 is 0 Å². The van der Waals surface area contributed by atoms with Gasteiger partial charge in [0.25, 0.3) is 0 Å². The second kappa shape index (κ2) is 12.4. The molecule has 0 amide bonds. The molecular weight excluding hydrogens is 601 g/mol. The molecule has 5 heteroatoms. The van der Waals surface area contributed by atoms with Gasteiger partial charge in [-0.1, -0.05) is 78.3 Å². The van der Waals surface area contributed by atoms with E-state index in [2.05, 4.69) is 157 Å². The van der Waals surface area contributed by atoms with Crippen LogP contribution in [0.2, 0.25) is 0 Å². The molecule has 0 N–H and O–H groups in total. The molecule has 0 saturated carbocycles. The van der Waals surface area contributed by atoms with Crippen molar-refractivity contribution in [3.63, 3.8) is 0 Å². The summed E-state index contributed by atoms with van der Waals surface area (Å²) in [7, 11) is 0. The Balaban J connectivity index is 1.32. The lowest BCUT2D eigenvalue weighted by molar-refractivity contribution is 0.390. The molecule has 6 aromatic rings. The number of pyridine rings is 1. The van der Waals surface area contributed by atoms with Crippen molar-refractivity contribution in [3.05, 3.63) is 119 Å². The Hall–Kier alpha value is -4.64. The molecule has 5 nitrogen and oxygen atoms in total. The Morgan fingerprint density at radius 2 is 1.59 bits per heavy atom. The molecule has 3 atom stereocenters. The Bertz CT molecular complexity index is 2220. The van der Waals surface area contributed by atoms with E-state index in [1.54, 1.807) is 0 Å². The lowest BCUT2D eigenvalue weighted by Crippen LogP contribution is -2.20. The summed E-state index contributed by atoms with van der Waals surface area (Å²) in [5, 5.41) is 7.52. The quantitative estimate of drug-likeness (QED) is 0.169. The zero-order chi connectivity index (χ0) is 34.8. The van der Waals surface area contributed by atoms with Crippen LogP contribution in [0, 0.1) is 25.7 Å². The number of hydrogen-bond acceptors (Lipinski definition) is 3. The smallest absolute Gasteiger partial charge is 0.137 e. The largest absolute Gasteiger partial charge is 0.457 e. The van der Waals surface area contributed by atoms with Crippen LogP contribution in [0.5, 0.6) is 11.5 Å². The van der Waals surface area contributed by atoms with Crippen LogP contribution < -0.4 is 4.74 Å². The van der Waals surface area contributed by atoms with E-state index in [4.69, 9.17) is 14.8 Å². The minimum Gasteiger partial charge on any atom is -0.457 e. The van der Waals surface area contributed by atoms with Gasteiger partial charge < -0.3 is 4.74 Å². The molecule has 49 heavy (non-hydrogen) atoms. The first-order valence-corrected chi connectivity index (χ1v) is 17.9. The maximum absolute atomic E-state index is 6.76. The average molecular weight is 651 g/mol. The first-order chi connectivity index (χ1) is 23.3. The molecule has 252 valence electrons. The summed E-state index contributed by atoms with van der Waals surface area (Å²) in [4.78, 5) is 4.86. The second-order valence-corrected chi connectivity index (χ2v) is 15.8. The topological polar surface area (TPSA) is 44.9 Å². The van der Waals surface area contributed by atoms with Crippen molar-refractivity contribution < 1.29 is 4.74 Å². The van der Waals surface area contributed by atoms with Crippen LogP contribution in [0.25, 0.3) is 33.3 Å². The fourth-order valence-corrected chi connectivity index (χ4v) is 8.18. The number of allylic oxidation sites excluding steroid dienone is 2. The number of nitrogens with zero attached hydrogens (tertiary/aromatic N) is 4. The van der Waals surface area contributed by atoms with E-state index in [0.717, 1.165) is 39.7 Å². The van der Waals surface area contributed by atoms with Crippen LogP contribution in [-0.4, -0.2) is 19.3 Å². The molecule has 0 saturated heterocycles. The van der Waals surface area contributed by atoms with Gasteiger partial charge >= 0.3 is 0 Å². The average Bonchev–Trinajstić information content (AvgIpc) is 3.53. The highest BCUT2D eigenvalue weighted by atomic mass is 16.5. The van der Waals surface area contributed by atoms with Gasteiger partial charge in [0.2, 0.25) is 0 Å². The zero-order valence-corrected chi connectivity index (χ0v) is 30.8. The molecule has 0 aliphatic heterocycles. The highest BCUT2D eigenvalue weighted by Crippen LogP contribution is 2.43. The van der Waals surface area contributed by atoms with E-state index in [1.165, 1.54) is 45.2 Å². The minimum atomic E-state index is 0.0127. The first-order valence-electron chi connectivity index (χ1n) is 17.9. The molecule has 3 aromatic heterocycles. The van der Waals surface area contributed by atoms with Crippen molar-refractivity contribution in [1.29, 1.82) is 0 Å². The Morgan fingerprint density at radius 1 is 0.837 bits per heavy atom. The highest BCUT2D eigenvalue weighted by Gasteiger charge is 2.31. The van der Waals surface area contributed by atoms with Gasteiger partial charge in [0.1, 0.15) is 17.3 Å². The van der Waals surface area contributed by atoms with E-state index in [-0.39, 0.29) is 5.41 Å². The number of fused-ring (bicyclic) bond motifs is 3. The highest BCUT2D eigenvalue weighted by molar-refractivity contribution is 6.09. The molecule has 0 radical (unpaired) electrons. The third-order valence-electron chi connectivity index (χ3n) is 10.6. The molecule has 3 heterocycles. The number of rotatable bonds is 6. The fourth-order valence-electron chi connectivity index (χ4n) is 8.18. The van der Waals surface area contributed by atoms with Gasteiger partial charge in [-0.25, -0.2) is 9.67 Å². The SMILES string of the molecule is CC1=C[C@H](C)CC(C)[C@H]1c1c(C)nn(-c2cc(Oc3ccc4c5ccccc5n(-c5cc(C(C)(C)C)ccn5)c4c3)cc(C(C)C)c2)c1C. The van der Waals surface area contributed by atoms with Gasteiger partial charge in [-0.2, -0.15) is 5.10 Å². The predicted molar refractivity (Wildman–Crippen MR) is 204 cm³/mol. The van der Waals surface area contributed by atoms with Crippen molar-refractivity contribution in [2.75, 3.05) is 0 Å². The van der Waals surface area contributed by atoms with Crippen molar-refractivity contribution in [2.45, 2.75) is 92.9 Å². The van der Waals surface area contributed by atoms with E-state index >= 15 is 0 Å². The van der Waals surface area contributed by atoms with E-state index in [1.807, 2.05) is 6.20 Å². The normalized spacial score (nSPS) is 18.4. The molecule has 0 bridgehead atoms. The van der Waals surface area contributed by atoms with Crippen LogP contribution in [0.3, 0.4) is 0 Å². The van der Waals surface area contributed by atoms with E-state index in [0.29, 0.717) is 23.7 Å². The molecule has 0 spiro atoms. The summed E-state index contributed by atoms with van der Waals surface area (Å²) in [6.45, 7) is 22.6. The summed E-state index contributed by atoms with van der Waals surface area (Å²) in [6, 6.07) is 25.9. The van der Waals surface area contributed by atoms with Crippen LogP contribution in [0.15, 0.2) is 90.6 Å². The predicted octanol–water partition coefficient (Wildman–Crippen LogP) is 11.9. The molecule has 1 aliphatic rings. The summed E-state index contributed by atoms with van der Waals surface area (Å²) in [6.07, 6.45) is 5.58. The number of aromatic nitrogens is 4. The Kier molecular flexibility index (Phi) is 8.29. The van der Waals surface area contributed by atoms with Crippen molar-refractivity contribution in [2.24, 2.45) is 11.8 Å². The standard InChI is InChI=1S/C44H50N4O/c1-26(2)32-21-34(48-31(7)43(30(6)46-48)42-28(4)19-27(3)20-29(42)5)24-36(22-32)49-35-15-16-38-37-13-11-12-14-39(37)47(40(38)25-35)41-23-33(17-18-45-41)44(8,9)10/h11-19,21-27,29,42H,20H2,1-10H3/t27-,29?,42-/m0/s1. The summed E-state index contributed by atoms with van der Waals surface area (Å²) >= 11 is 0. The maximum atomic E-state index is 6.76. The molecule has 1 aliphatic carbocycles. The summed E-state index contributed by atoms with van der Waals surface area (Å²) in [5.41, 5.74) is 10.9. The van der Waals surface area contributed by atoms with Gasteiger partial charge in [-0.05, 0) is 104 Å². The molecule has 0 fully saturated rings. The van der Waals surface area contributed by atoms with Crippen LogP contribution in [-0.2, 0) is 5.41 Å². The summed E-state index contributed by atoms with van der Waals surface area (Å²) in [5.74, 6) is 4.42. The monoisotopic (exact) mass is 650 g/mol. The van der Waals surface area contributed by atoms with Crippen LogP contribution in [0.4, 0.5) is 0 Å². The molecule has 7 rings (SSSR count). The van der Waals surface area contributed by atoms with Crippen LogP contribution in [0.1, 0.15) is 102 Å². The number of ether oxygens (including phenoxy) is 1. The lowest BCUT2D eigenvalue weighted by Gasteiger charge is -2.32. The number of hydrogen-bond donors (Lipinski definition) is 0. The fraction of sp³-hybridized carbons (Fsp3) is 0.364. The molecule has 1 unspecified atom stereocenters. The Labute approximate surface area is 291 Å². The van der Waals surface area contributed by atoms with Gasteiger partial charge in [-0.3, -0.25) is 4.57 Å². The van der Waals surface area contributed by atoms with Gasteiger partial charge in [0, 0.05) is 46.3 Å². The van der Waals surface area contributed by atoms with Gasteiger partial charge in [0.05, 0.1) is 22.4 Å². The number of para-hydroxylation sites is 1. The third kappa shape index (κ3) is 5.98. The summed E-state index contributed by atoms with van der Waals surface area (Å²) < 4.78 is 11.2. The number of aryl methyl sites for hydroxylation is 1. The molecule has 3 aromatic carbocycles. The minimum absolute atomic E-state index is 0.0127. The third-order valence-corrected chi connectivity index (χ3v) is 10.6. The van der Waals surface area contributed by atoms with Crippen molar-refractivity contribution in [1.82, 2.24) is 19.3 Å². The number of benzene rings is 3. The lowest BCUT2D eigenvalue weighted by atomic mass is 9.72. The van der Waals surface area contributed by atoms with Crippen molar-refractivity contribution >= 4 is 21.8 Å². The van der Waals surface area contributed by atoms with E-state index in [9.17, 15) is 0 Å². The van der Waals surface area contributed by atoms with Gasteiger partial charge in [-0.15, -0.1) is 0 Å². The van der Waals surface area contributed by atoms with Crippen molar-refractivity contribution in [3.8, 4) is 23.0 Å².